The van der Waals surface area contributed by atoms with E-state index in [0.29, 0.717) is 13.1 Å². The number of piperazine rings is 1. The number of hydrogen-bond acceptors (Lipinski definition) is 6. The highest BCUT2D eigenvalue weighted by atomic mass is 32.2. The Morgan fingerprint density at radius 1 is 1.04 bits per heavy atom. The summed E-state index contributed by atoms with van der Waals surface area (Å²) in [5, 5.41) is 0. The Morgan fingerprint density at radius 3 is 2.20 bits per heavy atom. The molecule has 2 aliphatic rings. The monoisotopic (exact) mass is 361 g/mol. The molecule has 0 saturated carbocycles. The van der Waals surface area contributed by atoms with E-state index in [1.807, 2.05) is 32.0 Å². The van der Waals surface area contributed by atoms with Crippen molar-refractivity contribution in [2.24, 2.45) is 0 Å². The summed E-state index contributed by atoms with van der Waals surface area (Å²) in [7, 11) is 0. The molecule has 1 aromatic heterocycles. The molecule has 0 aliphatic carbocycles. The summed E-state index contributed by atoms with van der Waals surface area (Å²) in [6.45, 7) is 8.10. The quantitative estimate of drug-likeness (QED) is 0.459. The van der Waals surface area contributed by atoms with Crippen molar-refractivity contribution in [3.63, 3.8) is 0 Å². The second-order valence-corrected chi connectivity index (χ2v) is 6.88. The van der Waals surface area contributed by atoms with Crippen molar-refractivity contribution in [3.8, 4) is 0 Å². The summed E-state index contributed by atoms with van der Waals surface area (Å²) in [6, 6.07) is 5.88. The van der Waals surface area contributed by atoms with Gasteiger partial charge in [0, 0.05) is 51.7 Å². The van der Waals surface area contributed by atoms with Gasteiger partial charge >= 0.3 is 0 Å². The largest absolute Gasteiger partial charge is 0.373 e. The molecule has 2 aliphatic heterocycles. The molecule has 0 aromatic carbocycles. The normalized spacial score (nSPS) is 18.9. The van der Waals surface area contributed by atoms with Gasteiger partial charge in [-0.2, -0.15) is 0 Å². The lowest BCUT2D eigenvalue weighted by Crippen LogP contribution is -2.47. The Bertz CT molecular complexity index is 634. The standard InChI is InChI=1S/C17H23N5O2S/c1-3-21-16(23)14(17(24)22(4-2)25-21)13-19-9-11-20(12-10-19)15-7-5-6-8-18-15/h5-8,13H,3-4,9-12H2,1-2H3. The maximum absolute atomic E-state index is 12.5. The summed E-state index contributed by atoms with van der Waals surface area (Å²) in [5.74, 6) is 0.564. The fourth-order valence-corrected chi connectivity index (χ4v) is 3.68. The first-order valence-corrected chi connectivity index (χ1v) is 9.30. The molecule has 2 saturated heterocycles. The van der Waals surface area contributed by atoms with E-state index in [2.05, 4.69) is 14.8 Å². The fourth-order valence-electron chi connectivity index (χ4n) is 2.87. The predicted molar refractivity (Wildman–Crippen MR) is 98.5 cm³/mol. The highest BCUT2D eigenvalue weighted by Crippen LogP contribution is 2.27. The third kappa shape index (κ3) is 3.73. The SMILES string of the molecule is CCN1SN(CC)C(=O)C(=CN2CCN(c3ccccn3)CC2)C1=O. The average molecular weight is 361 g/mol. The average Bonchev–Trinajstić information content (AvgIpc) is 2.66. The molecule has 25 heavy (non-hydrogen) atoms. The van der Waals surface area contributed by atoms with Crippen LogP contribution < -0.4 is 4.90 Å². The van der Waals surface area contributed by atoms with Crippen LogP contribution in [0.2, 0.25) is 0 Å². The zero-order valence-electron chi connectivity index (χ0n) is 14.6. The minimum atomic E-state index is -0.200. The summed E-state index contributed by atoms with van der Waals surface area (Å²) < 4.78 is 3.25. The van der Waals surface area contributed by atoms with Crippen molar-refractivity contribution in [1.82, 2.24) is 18.5 Å². The third-order valence-corrected chi connectivity index (χ3v) is 5.53. The van der Waals surface area contributed by atoms with Gasteiger partial charge in [0.15, 0.2) is 0 Å². The number of aromatic nitrogens is 1. The highest BCUT2D eigenvalue weighted by molar-refractivity contribution is 7.96. The summed E-state index contributed by atoms with van der Waals surface area (Å²) in [4.78, 5) is 33.7. The van der Waals surface area contributed by atoms with Gasteiger partial charge in [-0.1, -0.05) is 6.07 Å². The lowest BCUT2D eigenvalue weighted by molar-refractivity contribution is -0.130. The van der Waals surface area contributed by atoms with Crippen molar-refractivity contribution in [1.29, 1.82) is 0 Å². The van der Waals surface area contributed by atoms with Gasteiger partial charge in [0.25, 0.3) is 11.8 Å². The number of amides is 2. The number of carbonyl (C=O) groups is 2. The maximum Gasteiger partial charge on any atom is 0.272 e. The van der Waals surface area contributed by atoms with Gasteiger partial charge in [-0.05, 0) is 26.0 Å². The van der Waals surface area contributed by atoms with E-state index in [9.17, 15) is 9.59 Å². The van der Waals surface area contributed by atoms with E-state index >= 15 is 0 Å². The van der Waals surface area contributed by atoms with Crippen molar-refractivity contribution < 1.29 is 9.59 Å². The molecule has 0 spiro atoms. The van der Waals surface area contributed by atoms with Crippen LogP contribution in [0.3, 0.4) is 0 Å². The van der Waals surface area contributed by atoms with Gasteiger partial charge in [0.1, 0.15) is 11.4 Å². The third-order valence-electron chi connectivity index (χ3n) is 4.28. The number of carbonyl (C=O) groups excluding carboxylic acids is 2. The number of nitrogens with zero attached hydrogens (tertiary/aromatic N) is 5. The lowest BCUT2D eigenvalue weighted by atomic mass is 10.2. The number of anilines is 1. The molecule has 0 bridgehead atoms. The summed E-state index contributed by atoms with van der Waals surface area (Å²) in [6.07, 6.45) is 3.53. The molecule has 3 heterocycles. The Kier molecular flexibility index (Phi) is 5.47. The second-order valence-electron chi connectivity index (χ2n) is 5.84. The zero-order chi connectivity index (χ0) is 17.8. The second kappa shape index (κ2) is 7.77. The van der Waals surface area contributed by atoms with Crippen LogP contribution in [0.15, 0.2) is 36.2 Å². The zero-order valence-corrected chi connectivity index (χ0v) is 15.4. The van der Waals surface area contributed by atoms with Crippen LogP contribution >= 0.6 is 12.1 Å². The van der Waals surface area contributed by atoms with E-state index in [1.54, 1.807) is 21.0 Å². The maximum atomic E-state index is 12.5. The molecular formula is C17H23N5O2S. The highest BCUT2D eigenvalue weighted by Gasteiger charge is 2.35. The minimum Gasteiger partial charge on any atom is -0.373 e. The first-order chi connectivity index (χ1) is 12.1. The molecule has 7 nitrogen and oxygen atoms in total. The van der Waals surface area contributed by atoms with Gasteiger partial charge in [0.05, 0.1) is 12.1 Å². The van der Waals surface area contributed by atoms with Crippen LogP contribution in [0.1, 0.15) is 13.8 Å². The van der Waals surface area contributed by atoms with Gasteiger partial charge in [0.2, 0.25) is 0 Å². The Labute approximate surface area is 152 Å². The minimum absolute atomic E-state index is 0.200. The molecule has 2 amide bonds. The van der Waals surface area contributed by atoms with Crippen LogP contribution in [-0.2, 0) is 9.59 Å². The van der Waals surface area contributed by atoms with Gasteiger partial charge in [-0.15, -0.1) is 0 Å². The first kappa shape index (κ1) is 17.6. The van der Waals surface area contributed by atoms with Crippen LogP contribution in [0.4, 0.5) is 5.82 Å². The van der Waals surface area contributed by atoms with Crippen molar-refractivity contribution in [2.75, 3.05) is 44.2 Å². The molecule has 134 valence electrons. The molecule has 0 atom stereocenters. The number of likely N-dealkylation sites (N-methyl/N-ethyl adjacent to an activating group) is 2. The van der Waals surface area contributed by atoms with Crippen molar-refractivity contribution in [2.45, 2.75) is 13.8 Å². The lowest BCUT2D eigenvalue weighted by Gasteiger charge is -2.37. The van der Waals surface area contributed by atoms with Gasteiger partial charge in [-0.25, -0.2) is 4.98 Å². The van der Waals surface area contributed by atoms with E-state index in [4.69, 9.17) is 0 Å². The molecule has 2 fully saturated rings. The fraction of sp³-hybridized carbons (Fsp3) is 0.471. The van der Waals surface area contributed by atoms with Crippen LogP contribution in [0, 0.1) is 0 Å². The van der Waals surface area contributed by atoms with Gasteiger partial charge < -0.3 is 9.80 Å². The van der Waals surface area contributed by atoms with Crippen LogP contribution in [-0.4, -0.2) is 69.6 Å². The Balaban J connectivity index is 1.70. The molecule has 0 radical (unpaired) electrons. The van der Waals surface area contributed by atoms with Gasteiger partial charge in [-0.3, -0.25) is 18.2 Å². The van der Waals surface area contributed by atoms with E-state index in [-0.39, 0.29) is 17.4 Å². The number of pyridine rings is 1. The summed E-state index contributed by atoms with van der Waals surface area (Å²) >= 11 is 1.20. The predicted octanol–water partition coefficient (Wildman–Crippen LogP) is 1.36. The molecule has 8 heteroatoms. The molecule has 0 unspecified atom stereocenters. The van der Waals surface area contributed by atoms with E-state index in [0.717, 1.165) is 32.0 Å². The van der Waals surface area contributed by atoms with E-state index < -0.39 is 0 Å². The first-order valence-electron chi connectivity index (χ1n) is 8.57. The molecular weight excluding hydrogens is 338 g/mol. The molecule has 3 rings (SSSR count). The number of hydrogen-bond donors (Lipinski definition) is 0. The number of rotatable bonds is 4. The van der Waals surface area contributed by atoms with Crippen molar-refractivity contribution in [3.05, 3.63) is 36.2 Å². The van der Waals surface area contributed by atoms with E-state index in [1.165, 1.54) is 12.1 Å². The topological polar surface area (TPSA) is 60.0 Å². The Morgan fingerprint density at radius 2 is 1.68 bits per heavy atom. The summed E-state index contributed by atoms with van der Waals surface area (Å²) in [5.41, 5.74) is 0.258. The van der Waals surface area contributed by atoms with Crippen LogP contribution in [0.25, 0.3) is 0 Å². The Hall–Kier alpha value is -2.22. The molecule has 0 N–H and O–H groups in total. The molecule has 1 aromatic rings. The smallest absolute Gasteiger partial charge is 0.272 e. The van der Waals surface area contributed by atoms with Crippen molar-refractivity contribution >= 4 is 29.8 Å². The van der Waals surface area contributed by atoms with Crippen LogP contribution in [0.5, 0.6) is 0 Å².